The maximum Gasteiger partial charge on any atom is 0.306 e. The molecule has 0 bridgehead atoms. The Bertz CT molecular complexity index is 1260. The van der Waals surface area contributed by atoms with Gasteiger partial charge in [0.1, 0.15) is 6.10 Å². The van der Waals surface area contributed by atoms with Crippen LogP contribution in [-0.4, -0.2) is 46.9 Å². The number of aliphatic hydroxyl groups excluding tert-OH is 2. The Balaban J connectivity index is 4.69. The highest BCUT2D eigenvalue weighted by atomic mass is 16.5. The van der Waals surface area contributed by atoms with E-state index in [0.717, 1.165) is 96.3 Å². The summed E-state index contributed by atoms with van der Waals surface area (Å²) in [4.78, 5) is 26.1. The number of rotatable bonds is 45. The van der Waals surface area contributed by atoms with E-state index in [4.69, 9.17) is 4.74 Å². The molecule has 0 aliphatic heterocycles. The van der Waals surface area contributed by atoms with E-state index in [9.17, 15) is 19.8 Å². The van der Waals surface area contributed by atoms with Crippen molar-refractivity contribution in [2.45, 2.75) is 244 Å². The SMILES string of the molecule is CC/C=C/C=C/C=C/C=C\CCCCCC(CC(=O)NC(CO)C(O)CCCCCCCCCCCCCC)OC(=O)CCCCC/C=C\C/C=C\C/C=C\C/C=C\CCCCC. The van der Waals surface area contributed by atoms with Gasteiger partial charge in [-0.25, -0.2) is 0 Å². The van der Waals surface area contributed by atoms with Gasteiger partial charge in [0, 0.05) is 6.42 Å². The monoisotopic (exact) mass is 876 g/mol. The predicted octanol–water partition coefficient (Wildman–Crippen LogP) is 15.7. The van der Waals surface area contributed by atoms with E-state index < -0.39 is 18.2 Å². The van der Waals surface area contributed by atoms with Gasteiger partial charge in [0.2, 0.25) is 5.91 Å². The number of unbranched alkanes of at least 4 members (excludes halogenated alkanes) is 20. The van der Waals surface area contributed by atoms with Crippen LogP contribution in [0.3, 0.4) is 0 Å². The largest absolute Gasteiger partial charge is 0.462 e. The number of carbonyl (C=O) groups is 2. The molecule has 3 unspecified atom stereocenters. The number of hydrogen-bond acceptors (Lipinski definition) is 5. The van der Waals surface area contributed by atoms with Gasteiger partial charge in [-0.2, -0.15) is 0 Å². The van der Waals surface area contributed by atoms with Gasteiger partial charge in [-0.1, -0.05) is 221 Å². The normalized spacial score (nSPS) is 14.0. The first kappa shape index (κ1) is 59.8. The molecule has 0 saturated heterocycles. The Morgan fingerprint density at radius 3 is 1.48 bits per heavy atom. The molecule has 0 aromatic carbocycles. The number of aliphatic hydroxyl groups is 2. The Kier molecular flexibility index (Phi) is 47.2. The van der Waals surface area contributed by atoms with E-state index in [2.05, 4.69) is 92.9 Å². The number of esters is 1. The van der Waals surface area contributed by atoms with Crippen LogP contribution in [0.15, 0.2) is 97.2 Å². The zero-order chi connectivity index (χ0) is 45.9. The summed E-state index contributed by atoms with van der Waals surface area (Å²) in [6.07, 6.45) is 66.1. The third kappa shape index (κ3) is 45.2. The average Bonchev–Trinajstić information content (AvgIpc) is 3.28. The summed E-state index contributed by atoms with van der Waals surface area (Å²) in [6, 6.07) is -0.727. The van der Waals surface area contributed by atoms with Crippen molar-refractivity contribution in [2.75, 3.05) is 6.61 Å². The van der Waals surface area contributed by atoms with Gasteiger partial charge in [0.05, 0.1) is 25.2 Å². The molecule has 0 aromatic heterocycles. The highest BCUT2D eigenvalue weighted by Crippen LogP contribution is 2.17. The van der Waals surface area contributed by atoms with Gasteiger partial charge in [0.25, 0.3) is 0 Å². The van der Waals surface area contributed by atoms with Crippen molar-refractivity contribution in [3.63, 3.8) is 0 Å². The standard InChI is InChI=1S/C57H97NO5/c1-4-7-10-13-16-19-22-25-26-27-28-29-30-32-35-38-41-44-47-50-57(62)63-53(48-45-42-39-36-33-31-23-20-17-14-11-8-5-2)51-56(61)58-54(52-59)55(60)49-46-43-40-37-34-24-21-18-15-12-9-6-3/h8,11,14,16-17,19-20,23,25-26,28-29,31-33,35,53-55,59-60H,4-7,9-10,12-13,15,18,21-22,24,27,30,34,36-52H2,1-3H3,(H,58,61)/b11-8+,17-14+,19-16-,23-20+,26-25-,29-28-,33-31-,35-32-. The summed E-state index contributed by atoms with van der Waals surface area (Å²) in [5, 5.41) is 23.7. The van der Waals surface area contributed by atoms with Crippen molar-refractivity contribution >= 4 is 11.9 Å². The van der Waals surface area contributed by atoms with E-state index >= 15 is 0 Å². The van der Waals surface area contributed by atoms with Crippen LogP contribution in [0.25, 0.3) is 0 Å². The number of amides is 1. The maximum absolute atomic E-state index is 13.2. The van der Waals surface area contributed by atoms with Gasteiger partial charge in [-0.05, 0) is 89.9 Å². The van der Waals surface area contributed by atoms with E-state index in [0.29, 0.717) is 19.3 Å². The quantitative estimate of drug-likeness (QED) is 0.0245. The smallest absolute Gasteiger partial charge is 0.306 e. The molecular formula is C57H97NO5. The van der Waals surface area contributed by atoms with E-state index in [1.54, 1.807) is 0 Å². The van der Waals surface area contributed by atoms with Crippen LogP contribution in [0.2, 0.25) is 0 Å². The average molecular weight is 876 g/mol. The lowest BCUT2D eigenvalue weighted by Crippen LogP contribution is -2.46. The molecule has 0 aliphatic carbocycles. The number of hydrogen-bond donors (Lipinski definition) is 3. The number of nitrogens with one attached hydrogen (secondary N) is 1. The molecule has 0 rings (SSSR count). The minimum Gasteiger partial charge on any atom is -0.462 e. The molecule has 360 valence electrons. The lowest BCUT2D eigenvalue weighted by molar-refractivity contribution is -0.151. The fourth-order valence-electron chi connectivity index (χ4n) is 7.31. The minimum atomic E-state index is -0.809. The Hall–Kier alpha value is -3.22. The van der Waals surface area contributed by atoms with Crippen molar-refractivity contribution in [1.82, 2.24) is 5.32 Å². The summed E-state index contributed by atoms with van der Waals surface area (Å²) < 4.78 is 5.90. The van der Waals surface area contributed by atoms with E-state index in [1.165, 1.54) is 83.5 Å². The molecule has 3 N–H and O–H groups in total. The van der Waals surface area contributed by atoms with Crippen LogP contribution in [0, 0.1) is 0 Å². The van der Waals surface area contributed by atoms with Gasteiger partial charge < -0.3 is 20.3 Å². The number of allylic oxidation sites excluding steroid dienone is 16. The molecule has 63 heavy (non-hydrogen) atoms. The second-order valence-electron chi connectivity index (χ2n) is 17.3. The van der Waals surface area contributed by atoms with E-state index in [1.807, 2.05) is 30.4 Å². The molecule has 0 saturated carbocycles. The number of carbonyl (C=O) groups excluding carboxylic acids is 2. The third-order valence-corrected chi connectivity index (χ3v) is 11.2. The summed E-state index contributed by atoms with van der Waals surface area (Å²) in [6.45, 7) is 6.28. The first-order chi connectivity index (χ1) is 31.0. The highest BCUT2D eigenvalue weighted by Gasteiger charge is 2.24. The van der Waals surface area contributed by atoms with Gasteiger partial charge >= 0.3 is 5.97 Å². The Morgan fingerprint density at radius 1 is 0.492 bits per heavy atom. The fourth-order valence-corrected chi connectivity index (χ4v) is 7.31. The van der Waals surface area contributed by atoms with Gasteiger partial charge in [-0.15, -0.1) is 0 Å². The van der Waals surface area contributed by atoms with E-state index in [-0.39, 0.29) is 24.9 Å². The number of ether oxygens (including phenoxy) is 1. The van der Waals surface area contributed by atoms with Crippen LogP contribution in [0.1, 0.15) is 226 Å². The van der Waals surface area contributed by atoms with Crippen LogP contribution >= 0.6 is 0 Å². The van der Waals surface area contributed by atoms with Gasteiger partial charge in [0.15, 0.2) is 0 Å². The van der Waals surface area contributed by atoms with Crippen molar-refractivity contribution in [1.29, 1.82) is 0 Å². The molecule has 0 fully saturated rings. The third-order valence-electron chi connectivity index (χ3n) is 11.2. The molecular weight excluding hydrogens is 779 g/mol. The molecule has 0 aliphatic rings. The van der Waals surface area contributed by atoms with Crippen molar-refractivity contribution in [3.05, 3.63) is 97.2 Å². The first-order valence-corrected chi connectivity index (χ1v) is 26.0. The minimum absolute atomic E-state index is 0.0330. The molecule has 3 atom stereocenters. The lowest BCUT2D eigenvalue weighted by atomic mass is 10.0. The Morgan fingerprint density at radius 2 is 0.921 bits per heavy atom. The van der Waals surface area contributed by atoms with Crippen molar-refractivity contribution in [3.8, 4) is 0 Å². The van der Waals surface area contributed by atoms with Crippen molar-refractivity contribution in [2.24, 2.45) is 0 Å². The second-order valence-corrected chi connectivity index (χ2v) is 17.3. The molecule has 0 heterocycles. The summed E-state index contributed by atoms with van der Waals surface area (Å²) in [5.74, 6) is -0.557. The molecule has 0 aromatic rings. The molecule has 6 heteroatoms. The predicted molar refractivity (Wildman–Crippen MR) is 273 cm³/mol. The Labute approximate surface area is 388 Å². The lowest BCUT2D eigenvalue weighted by Gasteiger charge is -2.24. The van der Waals surface area contributed by atoms with Crippen LogP contribution < -0.4 is 5.32 Å². The van der Waals surface area contributed by atoms with Crippen LogP contribution in [-0.2, 0) is 14.3 Å². The molecule has 6 nitrogen and oxygen atoms in total. The molecule has 0 radical (unpaired) electrons. The maximum atomic E-state index is 13.2. The molecule has 1 amide bonds. The van der Waals surface area contributed by atoms with Crippen molar-refractivity contribution < 1.29 is 24.5 Å². The van der Waals surface area contributed by atoms with Crippen LogP contribution in [0.4, 0.5) is 0 Å². The fraction of sp³-hybridized carbons (Fsp3) is 0.684. The topological polar surface area (TPSA) is 95.9 Å². The summed E-state index contributed by atoms with van der Waals surface area (Å²) in [7, 11) is 0. The van der Waals surface area contributed by atoms with Crippen LogP contribution in [0.5, 0.6) is 0 Å². The summed E-state index contributed by atoms with van der Waals surface area (Å²) >= 11 is 0. The van der Waals surface area contributed by atoms with Gasteiger partial charge in [-0.3, -0.25) is 9.59 Å². The summed E-state index contributed by atoms with van der Waals surface area (Å²) in [5.41, 5.74) is 0. The molecule has 0 spiro atoms. The first-order valence-electron chi connectivity index (χ1n) is 26.0. The zero-order valence-corrected chi connectivity index (χ0v) is 40.9. The zero-order valence-electron chi connectivity index (χ0n) is 40.9. The second kappa shape index (κ2) is 49.8. The highest BCUT2D eigenvalue weighted by molar-refractivity contribution is 5.77.